The van der Waals surface area contributed by atoms with Crippen LogP contribution in [0.4, 0.5) is 22.0 Å². The number of nitrogens with zero attached hydrogens (tertiary/aromatic N) is 1. The number of esters is 1. The molecule has 3 aromatic carbocycles. The third kappa shape index (κ3) is 7.47. The van der Waals surface area contributed by atoms with Gasteiger partial charge in [0.2, 0.25) is 0 Å². The summed E-state index contributed by atoms with van der Waals surface area (Å²) in [4.78, 5) is 26.5. The summed E-state index contributed by atoms with van der Waals surface area (Å²) in [6.07, 6.45) is -5.05. The number of halogens is 5. The van der Waals surface area contributed by atoms with Gasteiger partial charge in [-0.15, -0.1) is 0 Å². The second kappa shape index (κ2) is 15.0. The highest BCUT2D eigenvalue weighted by atomic mass is 32.2. The first kappa shape index (κ1) is 35.9. The van der Waals surface area contributed by atoms with E-state index < -0.39 is 63.8 Å². The summed E-state index contributed by atoms with van der Waals surface area (Å²) in [5.74, 6) is -2.25. The molecule has 2 heterocycles. The Labute approximate surface area is 282 Å². The van der Waals surface area contributed by atoms with Crippen molar-refractivity contribution in [1.82, 2.24) is 9.88 Å². The Morgan fingerprint density at radius 3 is 2.43 bits per heavy atom. The molecule has 1 N–H and O–H groups in total. The summed E-state index contributed by atoms with van der Waals surface area (Å²) in [6, 6.07) is 14.0. The summed E-state index contributed by atoms with van der Waals surface area (Å²) >= 11 is 0. The first-order valence-corrected chi connectivity index (χ1v) is 17.0. The molecule has 0 fully saturated rings. The van der Waals surface area contributed by atoms with Crippen LogP contribution >= 0.6 is 0 Å². The summed E-state index contributed by atoms with van der Waals surface area (Å²) in [7, 11) is -0.578. The van der Waals surface area contributed by atoms with Gasteiger partial charge in [0.25, 0.3) is 5.56 Å². The molecule has 0 saturated carbocycles. The Balaban J connectivity index is 1.72. The highest BCUT2D eigenvalue weighted by Gasteiger charge is 2.41. The Kier molecular flexibility index (Phi) is 11.0. The van der Waals surface area contributed by atoms with Crippen LogP contribution in [0.25, 0.3) is 11.1 Å². The zero-order chi connectivity index (χ0) is 35.5. The van der Waals surface area contributed by atoms with E-state index in [1.54, 1.807) is 25.1 Å². The zero-order valence-corrected chi connectivity index (χ0v) is 27.9. The van der Waals surface area contributed by atoms with Crippen molar-refractivity contribution in [3.05, 3.63) is 117 Å². The van der Waals surface area contributed by atoms with E-state index in [2.05, 4.69) is 5.32 Å². The van der Waals surface area contributed by atoms with Crippen molar-refractivity contribution in [3.8, 4) is 16.9 Å². The average Bonchev–Trinajstić information content (AvgIpc) is 3.40. The van der Waals surface area contributed by atoms with Gasteiger partial charge in [0, 0.05) is 30.0 Å². The molecule has 4 aromatic rings. The molecule has 13 heteroatoms. The van der Waals surface area contributed by atoms with Gasteiger partial charge in [-0.1, -0.05) is 36.4 Å². The maximum atomic E-state index is 15.7. The lowest BCUT2D eigenvalue weighted by atomic mass is 9.91. The van der Waals surface area contributed by atoms with E-state index in [9.17, 15) is 27.0 Å². The van der Waals surface area contributed by atoms with E-state index in [1.165, 1.54) is 30.7 Å². The standard InChI is InChI=1S/C36H35F5N2O5S/c1-4-48-31(44)14-9-17-42-33(22-10-6-5-7-11-22)30-20-49(46)35-25(19-26-27(36(39,40)41)12-8-13-28(26)37)21(2)32(34(45)43(30)35)24-16-15-23(47-3)18-29(24)38/h5-8,10-13,15-16,18,30,33,42H,4,9,14,17,19-20H2,1-3H3. The topological polar surface area (TPSA) is 86.6 Å². The number of nitrogens with one attached hydrogen (secondary N) is 1. The molecule has 0 spiro atoms. The molecule has 0 bridgehead atoms. The summed E-state index contributed by atoms with van der Waals surface area (Å²) in [5, 5.41) is 3.32. The number of alkyl halides is 3. The highest BCUT2D eigenvalue weighted by molar-refractivity contribution is 7.85. The number of hydrogen-bond donors (Lipinski definition) is 1. The SMILES string of the molecule is CCOC(=O)CCCNC(c1ccccc1)C1CS(=O)c2c(Cc3c(F)cccc3C(F)(F)F)c(C)c(-c3ccc(OC)cc3F)c(=O)n21. The zero-order valence-electron chi connectivity index (χ0n) is 27.0. The normalized spacial score (nSPS) is 16.3. The van der Waals surface area contributed by atoms with Gasteiger partial charge in [0.1, 0.15) is 22.4 Å². The van der Waals surface area contributed by atoms with Crippen molar-refractivity contribution in [2.24, 2.45) is 0 Å². The Hall–Kier alpha value is -4.36. The van der Waals surface area contributed by atoms with Crippen LogP contribution in [0, 0.1) is 18.6 Å². The summed E-state index contributed by atoms with van der Waals surface area (Å²) in [6.45, 7) is 3.68. The number of aromatic nitrogens is 1. The fourth-order valence-electron chi connectivity index (χ4n) is 6.32. The highest BCUT2D eigenvalue weighted by Crippen LogP contribution is 2.41. The molecule has 0 aliphatic carbocycles. The number of benzene rings is 3. The average molecular weight is 703 g/mol. The Bertz CT molecular complexity index is 1930. The number of carbonyl (C=O) groups excluding carboxylic acids is 1. The first-order valence-electron chi connectivity index (χ1n) is 15.7. The molecule has 1 aromatic heterocycles. The minimum atomic E-state index is -4.90. The van der Waals surface area contributed by atoms with Gasteiger partial charge < -0.3 is 14.8 Å². The lowest BCUT2D eigenvalue weighted by molar-refractivity contribution is -0.143. The molecule has 1 aliphatic rings. The smallest absolute Gasteiger partial charge is 0.416 e. The van der Waals surface area contributed by atoms with E-state index in [0.717, 1.165) is 24.3 Å². The van der Waals surface area contributed by atoms with Crippen molar-refractivity contribution < 1.29 is 40.4 Å². The number of fused-ring (bicyclic) bond motifs is 1. The minimum absolute atomic E-state index is 0.0374. The monoisotopic (exact) mass is 702 g/mol. The molecule has 49 heavy (non-hydrogen) atoms. The summed E-state index contributed by atoms with van der Waals surface area (Å²) < 4.78 is 98.7. The molecular weight excluding hydrogens is 667 g/mol. The molecule has 3 atom stereocenters. The Morgan fingerprint density at radius 2 is 1.78 bits per heavy atom. The largest absolute Gasteiger partial charge is 0.497 e. The number of carbonyl (C=O) groups is 1. The van der Waals surface area contributed by atoms with Crippen molar-refractivity contribution in [2.45, 2.75) is 56.4 Å². The van der Waals surface area contributed by atoms with E-state index in [0.29, 0.717) is 18.5 Å². The number of pyridine rings is 1. The van der Waals surface area contributed by atoms with Crippen LogP contribution < -0.4 is 15.6 Å². The number of ether oxygens (including phenoxy) is 2. The van der Waals surface area contributed by atoms with Crippen LogP contribution in [0.2, 0.25) is 0 Å². The van der Waals surface area contributed by atoms with Crippen LogP contribution in [0.5, 0.6) is 5.75 Å². The molecule has 7 nitrogen and oxygen atoms in total. The summed E-state index contributed by atoms with van der Waals surface area (Å²) in [5.41, 5.74) is -2.04. The van der Waals surface area contributed by atoms with Crippen LogP contribution in [0.15, 0.2) is 76.6 Å². The van der Waals surface area contributed by atoms with Crippen molar-refractivity contribution in [2.75, 3.05) is 26.0 Å². The van der Waals surface area contributed by atoms with Crippen LogP contribution in [-0.2, 0) is 32.9 Å². The van der Waals surface area contributed by atoms with Crippen LogP contribution in [-0.4, -0.2) is 40.8 Å². The molecule has 260 valence electrons. The maximum Gasteiger partial charge on any atom is 0.416 e. The molecule has 0 amide bonds. The number of hydrogen-bond acceptors (Lipinski definition) is 6. The molecular formula is C36H35F5N2O5S. The third-order valence-corrected chi connectivity index (χ3v) is 10.1. The maximum absolute atomic E-state index is 15.7. The van der Waals surface area contributed by atoms with Crippen molar-refractivity contribution in [3.63, 3.8) is 0 Å². The second-order valence-electron chi connectivity index (χ2n) is 11.6. The van der Waals surface area contributed by atoms with Gasteiger partial charge in [0.05, 0.1) is 53.5 Å². The van der Waals surface area contributed by atoms with Gasteiger partial charge in [-0.3, -0.25) is 18.4 Å². The lowest BCUT2D eigenvalue weighted by Gasteiger charge is -2.28. The van der Waals surface area contributed by atoms with E-state index in [-0.39, 0.29) is 57.8 Å². The molecule has 0 radical (unpaired) electrons. The fraction of sp³-hybridized carbons (Fsp3) is 0.333. The van der Waals surface area contributed by atoms with Crippen molar-refractivity contribution in [1.29, 1.82) is 0 Å². The van der Waals surface area contributed by atoms with Gasteiger partial charge in [-0.05, 0) is 67.8 Å². The van der Waals surface area contributed by atoms with Crippen LogP contribution in [0.3, 0.4) is 0 Å². The van der Waals surface area contributed by atoms with E-state index in [1.807, 2.05) is 12.1 Å². The van der Waals surface area contributed by atoms with Gasteiger partial charge in [-0.2, -0.15) is 13.2 Å². The van der Waals surface area contributed by atoms with Gasteiger partial charge in [-0.25, -0.2) is 8.78 Å². The molecule has 1 aliphatic heterocycles. The molecule has 3 unspecified atom stereocenters. The Morgan fingerprint density at radius 1 is 1.04 bits per heavy atom. The van der Waals surface area contributed by atoms with Gasteiger partial charge >= 0.3 is 12.1 Å². The number of methoxy groups -OCH3 is 1. The minimum Gasteiger partial charge on any atom is -0.497 e. The van der Waals surface area contributed by atoms with E-state index in [4.69, 9.17) is 9.47 Å². The van der Waals surface area contributed by atoms with Gasteiger partial charge in [0.15, 0.2) is 0 Å². The predicted octanol–water partition coefficient (Wildman–Crippen LogP) is 7.06. The predicted molar refractivity (Wildman–Crippen MR) is 175 cm³/mol. The van der Waals surface area contributed by atoms with E-state index >= 15 is 8.78 Å². The fourth-order valence-corrected chi connectivity index (χ4v) is 8.07. The first-order chi connectivity index (χ1) is 23.4. The van der Waals surface area contributed by atoms with Crippen LogP contribution in [0.1, 0.15) is 59.7 Å². The quantitative estimate of drug-likeness (QED) is 0.0968. The third-order valence-electron chi connectivity index (χ3n) is 8.60. The molecule has 0 saturated heterocycles. The second-order valence-corrected chi connectivity index (χ2v) is 13.0. The lowest BCUT2D eigenvalue weighted by Crippen LogP contribution is -2.36. The molecule has 5 rings (SSSR count). The van der Waals surface area contributed by atoms with Crippen molar-refractivity contribution >= 4 is 16.8 Å². The number of rotatable bonds is 12.